The second kappa shape index (κ2) is 9.32. The van der Waals surface area contributed by atoms with Crippen LogP contribution in [0.4, 0.5) is 0 Å². The first-order chi connectivity index (χ1) is 13.6. The van der Waals surface area contributed by atoms with Gasteiger partial charge in [0.1, 0.15) is 18.1 Å². The van der Waals surface area contributed by atoms with Gasteiger partial charge in [-0.2, -0.15) is 14.9 Å². The minimum Gasteiger partial charge on any atom is -0.494 e. The summed E-state index contributed by atoms with van der Waals surface area (Å²) in [7, 11) is 0. The first-order valence-electron chi connectivity index (χ1n) is 9.21. The molecule has 0 saturated heterocycles. The average Bonchev–Trinajstić information content (AvgIpc) is 3.05. The molecule has 6 nitrogen and oxygen atoms in total. The molecule has 146 valence electrons. The normalized spacial score (nSPS) is 11.1. The second-order valence-electron chi connectivity index (χ2n) is 6.43. The van der Waals surface area contributed by atoms with Crippen molar-refractivity contribution in [1.82, 2.24) is 14.9 Å². The summed E-state index contributed by atoms with van der Waals surface area (Å²) >= 11 is 5.29. The Kier molecular flexibility index (Phi) is 6.60. The Morgan fingerprint density at radius 1 is 1.11 bits per heavy atom. The van der Waals surface area contributed by atoms with Crippen LogP contribution in [0, 0.1) is 18.6 Å². The number of ether oxygens (including phenoxy) is 2. The Morgan fingerprint density at radius 3 is 2.50 bits per heavy atom. The predicted octanol–water partition coefficient (Wildman–Crippen LogP) is 4.81. The van der Waals surface area contributed by atoms with E-state index in [1.165, 1.54) is 0 Å². The van der Waals surface area contributed by atoms with Crippen LogP contribution < -0.4 is 9.47 Å². The number of H-pyrrole nitrogens is 1. The summed E-state index contributed by atoms with van der Waals surface area (Å²) in [5.41, 5.74) is 3.10. The first kappa shape index (κ1) is 19.8. The van der Waals surface area contributed by atoms with Gasteiger partial charge in [-0.05, 0) is 73.4 Å². The van der Waals surface area contributed by atoms with Crippen molar-refractivity contribution in [2.75, 3.05) is 6.61 Å². The SMILES string of the molecule is CCCOc1ccc(/C=N\n2c(COc3c(C)cccc3C)n[nH]c2=S)cc1. The van der Waals surface area contributed by atoms with Gasteiger partial charge >= 0.3 is 0 Å². The number of rotatable bonds is 8. The number of aryl methyl sites for hydroxylation is 2. The molecule has 0 amide bonds. The molecule has 3 aromatic rings. The molecule has 1 heterocycles. The van der Waals surface area contributed by atoms with E-state index in [0.29, 0.717) is 17.2 Å². The van der Waals surface area contributed by atoms with Crippen LogP contribution >= 0.6 is 12.2 Å². The Hall–Kier alpha value is -2.93. The molecule has 28 heavy (non-hydrogen) atoms. The minimum atomic E-state index is 0.264. The number of hydrogen-bond acceptors (Lipinski definition) is 5. The van der Waals surface area contributed by atoms with Crippen LogP contribution in [0.2, 0.25) is 0 Å². The molecule has 0 saturated carbocycles. The lowest BCUT2D eigenvalue weighted by molar-refractivity contribution is 0.287. The molecule has 1 N–H and O–H groups in total. The van der Waals surface area contributed by atoms with Crippen molar-refractivity contribution < 1.29 is 9.47 Å². The molecule has 0 atom stereocenters. The summed E-state index contributed by atoms with van der Waals surface area (Å²) in [5.74, 6) is 2.31. The zero-order valence-corrected chi connectivity index (χ0v) is 17.1. The van der Waals surface area contributed by atoms with E-state index in [1.54, 1.807) is 10.9 Å². The smallest absolute Gasteiger partial charge is 0.216 e. The number of aromatic amines is 1. The van der Waals surface area contributed by atoms with Gasteiger partial charge in [-0.15, -0.1) is 0 Å². The van der Waals surface area contributed by atoms with Crippen molar-refractivity contribution in [2.24, 2.45) is 5.10 Å². The van der Waals surface area contributed by atoms with E-state index in [1.807, 2.05) is 56.3 Å². The maximum absolute atomic E-state index is 5.97. The van der Waals surface area contributed by atoms with Crippen molar-refractivity contribution >= 4 is 18.4 Å². The lowest BCUT2D eigenvalue weighted by atomic mass is 10.1. The van der Waals surface area contributed by atoms with E-state index in [-0.39, 0.29) is 6.61 Å². The van der Waals surface area contributed by atoms with Gasteiger partial charge in [0.2, 0.25) is 4.77 Å². The monoisotopic (exact) mass is 396 g/mol. The summed E-state index contributed by atoms with van der Waals surface area (Å²) in [4.78, 5) is 0. The van der Waals surface area contributed by atoms with Crippen LogP contribution in [-0.4, -0.2) is 27.7 Å². The highest BCUT2D eigenvalue weighted by Gasteiger charge is 2.09. The molecule has 0 aliphatic heterocycles. The second-order valence-corrected chi connectivity index (χ2v) is 6.82. The molecule has 3 rings (SSSR count). The highest BCUT2D eigenvalue weighted by molar-refractivity contribution is 7.71. The summed E-state index contributed by atoms with van der Waals surface area (Å²) < 4.78 is 13.6. The van der Waals surface area contributed by atoms with Crippen LogP contribution in [0.3, 0.4) is 0 Å². The highest BCUT2D eigenvalue weighted by atomic mass is 32.1. The molecular formula is C21H24N4O2S. The molecule has 0 fully saturated rings. The zero-order valence-electron chi connectivity index (χ0n) is 16.3. The molecular weight excluding hydrogens is 372 g/mol. The van der Waals surface area contributed by atoms with Crippen LogP contribution in [0.25, 0.3) is 0 Å². The highest BCUT2D eigenvalue weighted by Crippen LogP contribution is 2.23. The number of nitrogens with zero attached hydrogens (tertiary/aromatic N) is 3. The van der Waals surface area contributed by atoms with E-state index in [4.69, 9.17) is 21.7 Å². The number of aromatic nitrogens is 3. The molecule has 0 aliphatic carbocycles. The van der Waals surface area contributed by atoms with E-state index < -0.39 is 0 Å². The third-order valence-electron chi connectivity index (χ3n) is 4.15. The molecule has 0 unspecified atom stereocenters. The van der Waals surface area contributed by atoms with Gasteiger partial charge in [0.05, 0.1) is 12.8 Å². The Bertz CT molecular complexity index is 986. The summed E-state index contributed by atoms with van der Waals surface area (Å²) in [6.07, 6.45) is 2.71. The Balaban J connectivity index is 1.72. The van der Waals surface area contributed by atoms with E-state index in [0.717, 1.165) is 34.6 Å². The zero-order chi connectivity index (χ0) is 19.9. The number of nitrogens with one attached hydrogen (secondary N) is 1. The molecule has 1 aromatic heterocycles. The van der Waals surface area contributed by atoms with E-state index in [9.17, 15) is 0 Å². The first-order valence-corrected chi connectivity index (χ1v) is 9.62. The van der Waals surface area contributed by atoms with Crippen molar-refractivity contribution in [3.63, 3.8) is 0 Å². The topological polar surface area (TPSA) is 64.4 Å². The molecule has 0 spiro atoms. The molecule has 7 heteroatoms. The number of benzene rings is 2. The number of hydrogen-bond donors (Lipinski definition) is 1. The lowest BCUT2D eigenvalue weighted by Crippen LogP contribution is -2.05. The molecule has 0 bridgehead atoms. The van der Waals surface area contributed by atoms with Crippen molar-refractivity contribution in [3.05, 3.63) is 69.8 Å². The van der Waals surface area contributed by atoms with Crippen LogP contribution in [0.1, 0.15) is 35.9 Å². The van der Waals surface area contributed by atoms with E-state index in [2.05, 4.69) is 22.2 Å². The quantitative estimate of drug-likeness (QED) is 0.438. The van der Waals surface area contributed by atoms with Gasteiger partial charge in [-0.3, -0.25) is 0 Å². The Labute approximate surface area is 169 Å². The third-order valence-corrected chi connectivity index (χ3v) is 4.41. The fourth-order valence-electron chi connectivity index (χ4n) is 2.69. The van der Waals surface area contributed by atoms with Gasteiger partial charge in [0.15, 0.2) is 5.82 Å². The molecule has 0 aliphatic rings. The van der Waals surface area contributed by atoms with Gasteiger partial charge in [0, 0.05) is 0 Å². The van der Waals surface area contributed by atoms with E-state index >= 15 is 0 Å². The average molecular weight is 397 g/mol. The van der Waals surface area contributed by atoms with Gasteiger partial charge in [-0.1, -0.05) is 25.1 Å². The standard InChI is InChI=1S/C21H24N4O2S/c1-4-12-26-18-10-8-17(9-11-18)13-22-25-19(23-24-21(25)28)14-27-20-15(2)6-5-7-16(20)3/h5-11,13H,4,12,14H2,1-3H3,(H,24,28)/b22-13-. The van der Waals surface area contributed by atoms with Crippen LogP contribution in [0.15, 0.2) is 47.6 Å². The summed E-state index contributed by atoms with van der Waals surface area (Å²) in [6, 6.07) is 13.8. The van der Waals surface area contributed by atoms with Gasteiger partial charge in [0.25, 0.3) is 0 Å². The Morgan fingerprint density at radius 2 is 1.82 bits per heavy atom. The largest absolute Gasteiger partial charge is 0.494 e. The predicted molar refractivity (Wildman–Crippen MR) is 113 cm³/mol. The summed E-state index contributed by atoms with van der Waals surface area (Å²) in [5, 5.41) is 11.5. The van der Waals surface area contributed by atoms with Gasteiger partial charge < -0.3 is 9.47 Å². The third kappa shape index (κ3) is 4.86. The summed E-state index contributed by atoms with van der Waals surface area (Å²) in [6.45, 7) is 7.09. The van der Waals surface area contributed by atoms with Crippen molar-refractivity contribution in [2.45, 2.75) is 33.8 Å². The molecule has 2 aromatic carbocycles. The maximum atomic E-state index is 5.97. The van der Waals surface area contributed by atoms with Gasteiger partial charge in [-0.25, -0.2) is 5.10 Å². The van der Waals surface area contributed by atoms with Crippen molar-refractivity contribution in [3.8, 4) is 11.5 Å². The minimum absolute atomic E-state index is 0.264. The number of para-hydroxylation sites is 1. The fraction of sp³-hybridized carbons (Fsp3) is 0.286. The molecule has 0 radical (unpaired) electrons. The fourth-order valence-corrected chi connectivity index (χ4v) is 2.89. The lowest BCUT2D eigenvalue weighted by Gasteiger charge is -2.11. The van der Waals surface area contributed by atoms with Crippen molar-refractivity contribution in [1.29, 1.82) is 0 Å². The maximum Gasteiger partial charge on any atom is 0.216 e. The van der Waals surface area contributed by atoms with Crippen LogP contribution in [0.5, 0.6) is 11.5 Å². The van der Waals surface area contributed by atoms with Crippen LogP contribution in [-0.2, 0) is 6.61 Å².